The van der Waals surface area contributed by atoms with Gasteiger partial charge in [0.15, 0.2) is 36.4 Å². The van der Waals surface area contributed by atoms with E-state index in [0.717, 1.165) is 47.6 Å². The average Bonchev–Trinajstić information content (AvgIpc) is 1.69. The fourth-order valence-corrected chi connectivity index (χ4v) is 13.8. The van der Waals surface area contributed by atoms with Crippen LogP contribution in [0.25, 0.3) is 33.2 Å². The summed E-state index contributed by atoms with van der Waals surface area (Å²) in [6.07, 6.45) is 6.13. The van der Waals surface area contributed by atoms with E-state index < -0.39 is 117 Å². The first kappa shape index (κ1) is 108. The van der Waals surface area contributed by atoms with Crippen molar-refractivity contribution in [3.8, 4) is 5.75 Å². The van der Waals surface area contributed by atoms with Gasteiger partial charge in [-0.3, -0.25) is 82.3 Å². The van der Waals surface area contributed by atoms with Gasteiger partial charge in [-0.25, -0.2) is 27.8 Å². The normalized spacial score (nSPS) is 20.0. The van der Waals surface area contributed by atoms with Crippen LogP contribution >= 0.6 is 54.8 Å². The number of hydrogen-bond acceptors (Lipinski definition) is 34. The molecule has 54 nitrogen and oxygen atoms in total. The number of quaternary nitrogens is 4. The number of aromatic amines is 3. The van der Waals surface area contributed by atoms with Crippen LogP contribution in [-0.2, 0) is 83.7 Å². The minimum Gasteiger partial charge on any atom is -0.756 e. The van der Waals surface area contributed by atoms with Crippen molar-refractivity contribution in [3.05, 3.63) is 101 Å². The number of benzene rings is 2. The number of para-hydroxylation sites is 1. The number of phosphoric ester groups is 7. The van der Waals surface area contributed by atoms with Crippen LogP contribution in [0.15, 0.2) is 78.5 Å². The number of phosphoric acid groups is 7. The number of phenolic OH excluding ortho intramolecular Hbond substituents is 1. The standard InChI is InChI=1S/C11H19N2O5P.C10H23N2O5P.C9H10NO4P.C6H8N5O5P.C6H8N5O4P.C6H13N2O2.C5H15N2O4P.C5H12NO5P/c1-13(2,8-12)7-11(18-19(15,16)17)9-3-5-10(14)6-4-9;1-12(2,7-11)6-10(17-18(14,15)16)8-3-4-9(13)5-8;11-15(12,13)14-6-7-5-10-9-4-2-1-3-8(7)9;7-6-9-4-3(5(12)10-6)8-1-11(4)2-16-17(13,14)15;7-5-4-6(9-1-8-5)11(2-10-4)3-15-16(12,13)14;7-4-8-3-1-2-5(8)6(9)10;1-7(2,5-6)3-4-11-12(8,9)10;6-4-1-3(7)2-5(4)11-12(8,9)10/h3-6,11H,7-8,12H2,1-2H3,(H2-,14,15,16,17);8-10,13H,3-7,11H2,1-2H3,(H-,14,15,16);1-5,10H,6H2,(H2,11,12,13);1H,2H2,(H2,13,14,15)(H3,7,9,10,12);1-2H,3H2,(H4,7,8,9,12,13,14);5,9-10H,1-4,7H2;3-6H2,1-2H3,(H-,8,9,10);3-5,7H,1-2,6H2,(H2,8,9,10)/q;;;;;-1;;/p+2. The number of nitrogens with two attached hydrogens (primary N) is 6. The Morgan fingerprint density at radius 2 is 1.29 bits per heavy atom. The van der Waals surface area contributed by atoms with Crippen molar-refractivity contribution in [3.63, 3.8) is 0 Å². The number of likely N-dealkylation sites (tertiary alicyclic amines) is 1. The second kappa shape index (κ2) is 47.6. The van der Waals surface area contributed by atoms with Crippen LogP contribution in [0, 0.1) is 12.2 Å². The number of hydrogen-bond donors (Lipinski definition) is 26. The summed E-state index contributed by atoms with van der Waals surface area (Å²) in [6, 6.07) is 12.8. The number of anilines is 2. The minimum atomic E-state index is -4.85. The van der Waals surface area contributed by atoms with Gasteiger partial charge in [0.25, 0.3) is 29.0 Å². The Morgan fingerprint density at radius 3 is 1.79 bits per heavy atom. The summed E-state index contributed by atoms with van der Waals surface area (Å²) in [6.45, 7) is 2.73. The number of nitrogen functional groups attached to an aromatic ring is 2. The maximum atomic E-state index is 11.4. The second-order valence-corrected chi connectivity index (χ2v) is 36.8. The fourth-order valence-electron chi connectivity index (χ4n) is 10.9. The zero-order valence-corrected chi connectivity index (χ0v) is 71.5. The number of phenols is 1. The van der Waals surface area contributed by atoms with Crippen LogP contribution in [-0.4, -0.2) is 275 Å². The Bertz CT molecular complexity index is 4650. The Balaban J connectivity index is 0.000000354. The van der Waals surface area contributed by atoms with Gasteiger partial charge in [0.05, 0.1) is 73.5 Å². The van der Waals surface area contributed by atoms with E-state index in [9.17, 15) is 61.6 Å². The Labute approximate surface area is 679 Å². The molecule has 2 aliphatic carbocycles. The zero-order chi connectivity index (χ0) is 90.7. The number of aliphatic hydroxyl groups is 4. The first-order valence-electron chi connectivity index (χ1n) is 35.0. The molecule has 2 aromatic carbocycles. The van der Waals surface area contributed by atoms with Crippen LogP contribution in [0.4, 0.5) is 11.8 Å². The third-order valence-corrected chi connectivity index (χ3v) is 20.5. The van der Waals surface area contributed by atoms with Gasteiger partial charge in [-0.1, -0.05) is 54.1 Å². The molecule has 11 unspecified atom stereocenters. The summed E-state index contributed by atoms with van der Waals surface area (Å²) in [5, 5.41) is 46.2. The molecule has 3 aliphatic rings. The fraction of sp³-hybridized carbons (Fsp3) is 0.569. The SMILES string of the molecule is C[N+](C)(CN)CC(OP(=O)(O)O)C1CCC(O)C1.C[N+](C)(CN)CC(OP(=O)(O)O)c1ccc(O)cc1.C[N+](C)(CN)CCOP(=O)(O)O.NC1CC(O)CC1OP(=O)(O)O.Nc1nc2c(ncn2COP(=O)([O-])O)c(=O)[nH]1.Nc1ncnc2c1[nH]c[n+]2COP(=O)([O-])O.O=P([O-])(O)OCc1c[nH]c2ccccc12.[NH3+]CN1CCCC1[C-](O)O. The number of H-pyrrole nitrogens is 3. The van der Waals surface area contributed by atoms with Crippen molar-refractivity contribution in [2.45, 2.75) is 108 Å². The van der Waals surface area contributed by atoms with Crippen molar-refractivity contribution in [2.75, 3.05) is 113 Å². The molecule has 34 N–H and O–H groups in total. The van der Waals surface area contributed by atoms with E-state index in [1.54, 1.807) is 18.3 Å². The molecular weight excluding hydrogens is 1740 g/mol. The molecule has 6 heterocycles. The van der Waals surface area contributed by atoms with Gasteiger partial charge in [0.2, 0.25) is 11.5 Å². The molecule has 0 bridgehead atoms. The summed E-state index contributed by atoms with van der Waals surface area (Å²) in [5.74, 6) is 0.138. The molecular formula is C58H110N20O34P7+. The van der Waals surface area contributed by atoms with Crippen molar-refractivity contribution in [2.24, 2.45) is 28.9 Å². The molecule has 11 atom stereocenters. The summed E-state index contributed by atoms with van der Waals surface area (Å²) < 4.78 is 109. The molecule has 119 heavy (non-hydrogen) atoms. The second-order valence-electron chi connectivity index (χ2n) is 28.4. The van der Waals surface area contributed by atoms with Gasteiger partial charge in [-0.2, -0.15) is 9.97 Å². The van der Waals surface area contributed by atoms with Gasteiger partial charge in [-0.15, -0.1) is 0 Å². The number of aromatic hydroxyl groups is 1. The minimum absolute atomic E-state index is 0.00841. The molecule has 3 fully saturated rings. The van der Waals surface area contributed by atoms with Crippen LogP contribution in [0.5, 0.6) is 5.75 Å². The quantitative estimate of drug-likeness (QED) is 0.00657. The third-order valence-electron chi connectivity index (χ3n) is 17.1. The zero-order valence-electron chi connectivity index (χ0n) is 65.3. The third kappa shape index (κ3) is 43.6. The Hall–Kier alpha value is -5.47. The first-order chi connectivity index (χ1) is 54.6. The topological polar surface area (TPSA) is 889 Å². The number of nitrogens with zero attached hydrogens (tertiary/aromatic N) is 10. The van der Waals surface area contributed by atoms with Crippen LogP contribution in [0.3, 0.4) is 0 Å². The lowest BCUT2D eigenvalue weighted by molar-refractivity contribution is -0.893. The Morgan fingerprint density at radius 1 is 0.697 bits per heavy atom. The Kier molecular flexibility index (Phi) is 43.1. The van der Waals surface area contributed by atoms with E-state index in [-0.39, 0.29) is 60.3 Å². The molecule has 680 valence electrons. The molecule has 2 saturated carbocycles. The summed E-state index contributed by atoms with van der Waals surface area (Å²) in [4.78, 5) is 162. The number of aromatic nitrogens is 9. The number of rotatable bonds is 30. The van der Waals surface area contributed by atoms with Crippen LogP contribution in [0.1, 0.15) is 62.2 Å². The highest BCUT2D eigenvalue weighted by Crippen LogP contribution is 2.45. The molecule has 1 aliphatic heterocycles. The molecule has 5 aromatic heterocycles. The number of aliphatic hydroxyl groups excluding tert-OH is 3. The van der Waals surface area contributed by atoms with Crippen molar-refractivity contribution in [1.82, 2.24) is 44.4 Å². The summed E-state index contributed by atoms with van der Waals surface area (Å²) in [7, 11) is -21.1. The molecule has 61 heteroatoms. The molecule has 0 spiro atoms. The summed E-state index contributed by atoms with van der Waals surface area (Å²) >= 11 is 0. The van der Waals surface area contributed by atoms with Gasteiger partial charge in [0, 0.05) is 41.7 Å². The van der Waals surface area contributed by atoms with Gasteiger partial charge >= 0.3 is 36.9 Å². The largest absolute Gasteiger partial charge is 0.756 e. The van der Waals surface area contributed by atoms with E-state index in [2.05, 4.69) is 63.2 Å². The smallest absolute Gasteiger partial charge is 0.470 e. The lowest BCUT2D eigenvalue weighted by Gasteiger charge is -2.34. The van der Waals surface area contributed by atoms with Crippen LogP contribution in [0.2, 0.25) is 0 Å². The molecule has 0 amide bonds. The van der Waals surface area contributed by atoms with E-state index in [0.29, 0.717) is 101 Å². The highest BCUT2D eigenvalue weighted by Gasteiger charge is 2.39. The molecule has 10 rings (SSSR count). The van der Waals surface area contributed by atoms with E-state index in [4.69, 9.17) is 113 Å². The lowest BCUT2D eigenvalue weighted by Crippen LogP contribution is -2.60. The van der Waals surface area contributed by atoms with E-state index >= 15 is 0 Å². The predicted molar refractivity (Wildman–Crippen MR) is 411 cm³/mol. The number of nitrogens with one attached hydrogen (secondary N) is 3. The van der Waals surface area contributed by atoms with E-state index in [1.165, 1.54) is 29.4 Å². The van der Waals surface area contributed by atoms with Crippen LogP contribution < -0.4 is 64.9 Å². The highest BCUT2D eigenvalue weighted by atomic mass is 31.2. The van der Waals surface area contributed by atoms with Gasteiger partial charge in [0.1, 0.15) is 77.6 Å². The monoisotopic (exact) mass is 1850 g/mol. The van der Waals surface area contributed by atoms with Crippen molar-refractivity contribution in [1.29, 1.82) is 0 Å². The highest BCUT2D eigenvalue weighted by molar-refractivity contribution is 7.47. The van der Waals surface area contributed by atoms with Gasteiger partial charge in [-0.05, 0) is 61.8 Å². The van der Waals surface area contributed by atoms with Crippen molar-refractivity contribution < 1.29 is 181 Å². The van der Waals surface area contributed by atoms with Crippen molar-refractivity contribution >= 4 is 99.8 Å². The maximum absolute atomic E-state index is 11.4. The van der Waals surface area contributed by atoms with Gasteiger partial charge < -0.3 is 140 Å². The first-order valence-corrected chi connectivity index (χ1v) is 45.6. The molecule has 1 saturated heterocycles. The number of likely N-dealkylation sites (N-methyl/N-ethyl adjacent to an activating group) is 3. The molecule has 7 aromatic rings. The average molecular weight is 1850 g/mol. The maximum Gasteiger partial charge on any atom is 0.470 e. The summed E-state index contributed by atoms with van der Waals surface area (Å²) in [5.41, 5.74) is 39.1. The number of fused-ring (bicyclic) bond motifs is 3. The molecule has 0 radical (unpaired) electrons. The predicted octanol–water partition coefficient (Wildman–Crippen LogP) is -5.38. The number of imidazole rings is 2. The lowest BCUT2D eigenvalue weighted by atomic mass is 10.00. The van der Waals surface area contributed by atoms with E-state index in [1.807, 2.05) is 71.5 Å².